The fourth-order valence-electron chi connectivity index (χ4n) is 1.16. The summed E-state index contributed by atoms with van der Waals surface area (Å²) in [4.78, 5) is 0. The molecule has 3 N–H and O–H groups in total. The first kappa shape index (κ1) is 11.2. The predicted octanol–water partition coefficient (Wildman–Crippen LogP) is 0.750. The van der Waals surface area contributed by atoms with Crippen molar-refractivity contribution in [2.45, 2.75) is 12.6 Å². The van der Waals surface area contributed by atoms with Gasteiger partial charge in [-0.2, -0.15) is 0 Å². The van der Waals surface area contributed by atoms with Crippen molar-refractivity contribution in [2.24, 2.45) is 5.73 Å². The summed E-state index contributed by atoms with van der Waals surface area (Å²) < 4.78 is 5.52. The van der Waals surface area contributed by atoms with Gasteiger partial charge in [0.25, 0.3) is 0 Å². The van der Waals surface area contributed by atoms with E-state index < -0.39 is 0 Å². The maximum Gasteiger partial charge on any atom is 0.0717 e. The topological polar surface area (TPSA) is 47.3 Å². The van der Waals surface area contributed by atoms with E-state index in [0.717, 1.165) is 0 Å². The maximum atomic E-state index is 5.52. The molecule has 3 heteroatoms. The lowest BCUT2D eigenvalue weighted by atomic mass is 10.2. The van der Waals surface area contributed by atoms with E-state index >= 15 is 0 Å². The third-order valence-corrected chi connectivity index (χ3v) is 2.12. The minimum Gasteiger partial charge on any atom is -0.375 e. The molecular weight excluding hydrogens is 176 g/mol. The van der Waals surface area contributed by atoms with Gasteiger partial charge in [0.2, 0.25) is 0 Å². The monoisotopic (exact) mass is 194 g/mol. The normalized spacial score (nSPS) is 12.7. The quantitative estimate of drug-likeness (QED) is 0.702. The highest BCUT2D eigenvalue weighted by atomic mass is 16.5. The van der Waals surface area contributed by atoms with Crippen LogP contribution in [0.3, 0.4) is 0 Å². The van der Waals surface area contributed by atoms with E-state index in [2.05, 4.69) is 17.4 Å². The van der Waals surface area contributed by atoms with Crippen LogP contribution in [0.4, 0.5) is 0 Å². The average Bonchev–Trinajstić information content (AvgIpc) is 2.26. The standard InChI is InChI=1S/C11H18N2O/c1-13-11(7-12)9-14-8-10-5-3-2-4-6-10/h2-6,11,13H,7-9,12H2,1H3. The summed E-state index contributed by atoms with van der Waals surface area (Å²) in [5.41, 5.74) is 6.71. The Morgan fingerprint density at radius 3 is 2.64 bits per heavy atom. The molecule has 78 valence electrons. The fourth-order valence-corrected chi connectivity index (χ4v) is 1.16. The molecule has 0 bridgehead atoms. The Kier molecular flexibility index (Phi) is 5.22. The van der Waals surface area contributed by atoms with Crippen molar-refractivity contribution >= 4 is 0 Å². The van der Waals surface area contributed by atoms with E-state index in [9.17, 15) is 0 Å². The molecule has 0 spiro atoms. The van der Waals surface area contributed by atoms with Gasteiger partial charge in [0.1, 0.15) is 0 Å². The van der Waals surface area contributed by atoms with Crippen LogP contribution in [0.15, 0.2) is 30.3 Å². The molecule has 1 aromatic carbocycles. The zero-order valence-corrected chi connectivity index (χ0v) is 8.57. The molecular formula is C11H18N2O. The van der Waals surface area contributed by atoms with Crippen LogP contribution in [0.2, 0.25) is 0 Å². The highest BCUT2D eigenvalue weighted by Gasteiger charge is 2.02. The van der Waals surface area contributed by atoms with E-state index in [1.807, 2.05) is 25.2 Å². The molecule has 0 saturated heterocycles. The van der Waals surface area contributed by atoms with E-state index in [-0.39, 0.29) is 6.04 Å². The zero-order valence-electron chi connectivity index (χ0n) is 8.57. The summed E-state index contributed by atoms with van der Waals surface area (Å²) in [6.07, 6.45) is 0. The lowest BCUT2D eigenvalue weighted by molar-refractivity contribution is 0.102. The smallest absolute Gasteiger partial charge is 0.0717 e. The van der Waals surface area contributed by atoms with Crippen molar-refractivity contribution in [3.8, 4) is 0 Å². The van der Waals surface area contributed by atoms with Crippen LogP contribution in [0.25, 0.3) is 0 Å². The number of hydrogen-bond acceptors (Lipinski definition) is 3. The number of likely N-dealkylation sites (N-methyl/N-ethyl adjacent to an activating group) is 1. The molecule has 0 radical (unpaired) electrons. The Bertz CT molecular complexity index is 234. The number of benzene rings is 1. The average molecular weight is 194 g/mol. The Balaban J connectivity index is 2.21. The number of nitrogens with two attached hydrogens (primary N) is 1. The van der Waals surface area contributed by atoms with Gasteiger partial charge in [0.15, 0.2) is 0 Å². The summed E-state index contributed by atoms with van der Waals surface area (Å²) in [6.45, 7) is 1.91. The van der Waals surface area contributed by atoms with Crippen molar-refractivity contribution in [2.75, 3.05) is 20.2 Å². The molecule has 0 fully saturated rings. The number of hydrogen-bond donors (Lipinski definition) is 2. The van der Waals surface area contributed by atoms with Crippen LogP contribution in [-0.4, -0.2) is 26.2 Å². The third kappa shape index (κ3) is 3.87. The fraction of sp³-hybridized carbons (Fsp3) is 0.455. The maximum absolute atomic E-state index is 5.52. The first-order valence-corrected chi connectivity index (χ1v) is 4.86. The first-order valence-electron chi connectivity index (χ1n) is 4.86. The summed E-state index contributed by atoms with van der Waals surface area (Å²) in [6, 6.07) is 10.4. The Morgan fingerprint density at radius 2 is 2.07 bits per heavy atom. The van der Waals surface area contributed by atoms with E-state index in [1.54, 1.807) is 0 Å². The van der Waals surface area contributed by atoms with Gasteiger partial charge in [-0.05, 0) is 12.6 Å². The van der Waals surface area contributed by atoms with Crippen LogP contribution >= 0.6 is 0 Å². The number of nitrogens with one attached hydrogen (secondary N) is 1. The molecule has 14 heavy (non-hydrogen) atoms. The third-order valence-electron chi connectivity index (χ3n) is 2.12. The van der Waals surface area contributed by atoms with Gasteiger partial charge in [0.05, 0.1) is 13.2 Å². The van der Waals surface area contributed by atoms with Gasteiger partial charge in [-0.1, -0.05) is 30.3 Å². The van der Waals surface area contributed by atoms with Gasteiger partial charge in [0, 0.05) is 12.6 Å². The molecule has 1 atom stereocenters. The zero-order chi connectivity index (χ0) is 10.2. The lowest BCUT2D eigenvalue weighted by Crippen LogP contribution is -2.37. The second-order valence-corrected chi connectivity index (χ2v) is 3.22. The largest absolute Gasteiger partial charge is 0.375 e. The van der Waals surface area contributed by atoms with Crippen LogP contribution in [0.5, 0.6) is 0 Å². The Labute approximate surface area is 85.3 Å². The lowest BCUT2D eigenvalue weighted by Gasteiger charge is -2.13. The summed E-state index contributed by atoms with van der Waals surface area (Å²) in [7, 11) is 1.89. The highest BCUT2D eigenvalue weighted by molar-refractivity contribution is 5.13. The summed E-state index contributed by atoms with van der Waals surface area (Å²) in [5, 5.41) is 3.09. The SMILES string of the molecule is CNC(CN)COCc1ccccc1. The van der Waals surface area contributed by atoms with Gasteiger partial charge < -0.3 is 15.8 Å². The number of rotatable bonds is 6. The van der Waals surface area contributed by atoms with Crippen molar-refractivity contribution < 1.29 is 4.74 Å². The molecule has 0 saturated carbocycles. The molecule has 0 heterocycles. The minimum absolute atomic E-state index is 0.249. The molecule has 0 aliphatic carbocycles. The van der Waals surface area contributed by atoms with Crippen molar-refractivity contribution in [3.05, 3.63) is 35.9 Å². The first-order chi connectivity index (χ1) is 6.86. The van der Waals surface area contributed by atoms with Gasteiger partial charge >= 0.3 is 0 Å². The molecule has 0 aliphatic heterocycles. The molecule has 0 aliphatic rings. The summed E-state index contributed by atoms with van der Waals surface area (Å²) >= 11 is 0. The molecule has 3 nitrogen and oxygen atoms in total. The second-order valence-electron chi connectivity index (χ2n) is 3.22. The van der Waals surface area contributed by atoms with Crippen molar-refractivity contribution in [1.29, 1.82) is 0 Å². The summed E-state index contributed by atoms with van der Waals surface area (Å²) in [5.74, 6) is 0. The van der Waals surface area contributed by atoms with Gasteiger partial charge in [-0.3, -0.25) is 0 Å². The predicted molar refractivity (Wildman–Crippen MR) is 58.0 cm³/mol. The highest BCUT2D eigenvalue weighted by Crippen LogP contribution is 2.00. The van der Waals surface area contributed by atoms with Crippen LogP contribution in [0, 0.1) is 0 Å². The molecule has 1 unspecified atom stereocenters. The Morgan fingerprint density at radius 1 is 1.36 bits per heavy atom. The molecule has 0 amide bonds. The number of ether oxygens (including phenoxy) is 1. The van der Waals surface area contributed by atoms with Crippen molar-refractivity contribution in [3.63, 3.8) is 0 Å². The van der Waals surface area contributed by atoms with Gasteiger partial charge in [-0.15, -0.1) is 0 Å². The van der Waals surface area contributed by atoms with Crippen LogP contribution in [-0.2, 0) is 11.3 Å². The second kappa shape index (κ2) is 6.54. The van der Waals surface area contributed by atoms with E-state index in [0.29, 0.717) is 19.8 Å². The molecule has 1 aromatic rings. The van der Waals surface area contributed by atoms with Crippen LogP contribution in [0.1, 0.15) is 5.56 Å². The van der Waals surface area contributed by atoms with E-state index in [1.165, 1.54) is 5.56 Å². The Hall–Kier alpha value is -0.900. The van der Waals surface area contributed by atoms with Gasteiger partial charge in [-0.25, -0.2) is 0 Å². The van der Waals surface area contributed by atoms with Crippen molar-refractivity contribution in [1.82, 2.24) is 5.32 Å². The molecule has 1 rings (SSSR count). The van der Waals surface area contributed by atoms with E-state index in [4.69, 9.17) is 10.5 Å². The van der Waals surface area contributed by atoms with Crippen LogP contribution < -0.4 is 11.1 Å². The minimum atomic E-state index is 0.249. The molecule has 0 aromatic heterocycles.